The zero-order valence-corrected chi connectivity index (χ0v) is 12.2. The quantitative estimate of drug-likeness (QED) is 0.696. The van der Waals surface area contributed by atoms with Gasteiger partial charge in [-0.1, -0.05) is 19.8 Å². The van der Waals surface area contributed by atoms with Gasteiger partial charge in [0.1, 0.15) is 12.1 Å². The summed E-state index contributed by atoms with van der Waals surface area (Å²) in [6, 6.07) is -0.537. The fourth-order valence-corrected chi connectivity index (χ4v) is 2.58. The predicted octanol–water partition coefficient (Wildman–Crippen LogP) is 0.407. The third-order valence-corrected chi connectivity index (χ3v) is 3.76. The van der Waals surface area contributed by atoms with E-state index >= 15 is 0 Å². The third kappa shape index (κ3) is 3.85. The summed E-state index contributed by atoms with van der Waals surface area (Å²) < 4.78 is 0. The van der Waals surface area contributed by atoms with Crippen LogP contribution >= 0.6 is 0 Å². The number of carbonyl (C=O) groups excluding carboxylic acids is 2. The topological polar surface area (TPSA) is 98.7 Å². The molecule has 1 saturated carbocycles. The number of hydrogen-bond donors (Lipinski definition) is 3. The van der Waals surface area contributed by atoms with Gasteiger partial charge in [0, 0.05) is 14.1 Å². The van der Waals surface area contributed by atoms with Gasteiger partial charge in [0.05, 0.1) is 0 Å². The maximum Gasteiger partial charge on any atom is 0.329 e. The molecule has 0 spiro atoms. The molecule has 0 aromatic rings. The van der Waals surface area contributed by atoms with Crippen molar-refractivity contribution in [2.24, 2.45) is 5.92 Å². The van der Waals surface area contributed by atoms with Crippen LogP contribution in [0.15, 0.2) is 0 Å². The van der Waals surface area contributed by atoms with Gasteiger partial charge in [-0.15, -0.1) is 0 Å². The van der Waals surface area contributed by atoms with E-state index in [0.29, 0.717) is 12.8 Å². The van der Waals surface area contributed by atoms with Gasteiger partial charge in [0.25, 0.3) is 0 Å². The summed E-state index contributed by atoms with van der Waals surface area (Å²) in [5, 5.41) is 14.5. The molecular formula is C13H23N3O4. The first-order valence-corrected chi connectivity index (χ1v) is 6.78. The Morgan fingerprint density at radius 1 is 1.40 bits per heavy atom. The number of carboxylic acids is 1. The lowest BCUT2D eigenvalue weighted by molar-refractivity contribution is -0.146. The number of likely N-dealkylation sites (N-methyl/N-ethyl adjacent to an activating group) is 2. The van der Waals surface area contributed by atoms with Crippen molar-refractivity contribution in [3.8, 4) is 0 Å². The van der Waals surface area contributed by atoms with Crippen LogP contribution in [0.3, 0.4) is 0 Å². The Kier molecular flexibility index (Phi) is 5.35. The maximum absolute atomic E-state index is 12.1. The normalized spacial score (nSPS) is 25.6. The molecule has 1 fully saturated rings. The Morgan fingerprint density at radius 2 is 2.05 bits per heavy atom. The highest BCUT2D eigenvalue weighted by Gasteiger charge is 2.43. The van der Waals surface area contributed by atoms with E-state index in [1.165, 1.54) is 19.0 Å². The number of rotatable bonds is 4. The highest BCUT2D eigenvalue weighted by Crippen LogP contribution is 2.32. The minimum atomic E-state index is -1.22. The zero-order valence-electron chi connectivity index (χ0n) is 12.2. The van der Waals surface area contributed by atoms with Gasteiger partial charge < -0.3 is 20.6 Å². The van der Waals surface area contributed by atoms with Crippen LogP contribution < -0.4 is 10.6 Å². The van der Waals surface area contributed by atoms with E-state index in [2.05, 4.69) is 10.6 Å². The van der Waals surface area contributed by atoms with Gasteiger partial charge in [-0.25, -0.2) is 9.59 Å². The molecule has 0 saturated heterocycles. The second-order valence-corrected chi connectivity index (χ2v) is 5.55. The summed E-state index contributed by atoms with van der Waals surface area (Å²) in [6.07, 6.45) is 2.58. The average Bonchev–Trinajstić information content (AvgIpc) is 2.38. The molecule has 0 bridgehead atoms. The number of nitrogens with zero attached hydrogens (tertiary/aromatic N) is 1. The lowest BCUT2D eigenvalue weighted by Crippen LogP contribution is -2.59. The maximum atomic E-state index is 12.1. The summed E-state index contributed by atoms with van der Waals surface area (Å²) >= 11 is 0. The van der Waals surface area contributed by atoms with E-state index in [9.17, 15) is 19.5 Å². The van der Waals surface area contributed by atoms with Crippen molar-refractivity contribution in [2.75, 3.05) is 20.6 Å². The van der Waals surface area contributed by atoms with Gasteiger partial charge in [-0.3, -0.25) is 4.79 Å². The fraction of sp³-hybridized carbons (Fsp3) is 0.769. The smallest absolute Gasteiger partial charge is 0.329 e. The van der Waals surface area contributed by atoms with Crippen molar-refractivity contribution in [1.29, 1.82) is 0 Å². The third-order valence-electron chi connectivity index (χ3n) is 3.76. The second-order valence-electron chi connectivity index (χ2n) is 5.55. The molecule has 1 aliphatic rings. The summed E-state index contributed by atoms with van der Waals surface area (Å²) in [7, 11) is 2.95. The Hall–Kier alpha value is -1.79. The van der Waals surface area contributed by atoms with Crippen molar-refractivity contribution in [1.82, 2.24) is 15.5 Å². The molecule has 20 heavy (non-hydrogen) atoms. The van der Waals surface area contributed by atoms with Crippen LogP contribution in [-0.2, 0) is 9.59 Å². The van der Waals surface area contributed by atoms with Gasteiger partial charge in [0.2, 0.25) is 5.91 Å². The SMILES string of the molecule is CNC(=O)CN(C)C(=O)NC1(C(=O)O)CCCC(C)C1. The fourth-order valence-electron chi connectivity index (χ4n) is 2.58. The molecule has 114 valence electrons. The monoisotopic (exact) mass is 285 g/mol. The van der Waals surface area contributed by atoms with E-state index in [0.717, 1.165) is 12.8 Å². The van der Waals surface area contributed by atoms with Crippen molar-refractivity contribution < 1.29 is 19.5 Å². The molecule has 0 aromatic carbocycles. The van der Waals surface area contributed by atoms with E-state index in [1.807, 2.05) is 6.92 Å². The summed E-state index contributed by atoms with van der Waals surface area (Å²) in [6.45, 7) is 1.88. The largest absolute Gasteiger partial charge is 0.480 e. The number of amides is 3. The molecule has 2 unspecified atom stereocenters. The van der Waals surface area contributed by atoms with E-state index < -0.39 is 17.5 Å². The number of nitrogens with one attached hydrogen (secondary N) is 2. The van der Waals surface area contributed by atoms with Gasteiger partial charge >= 0.3 is 12.0 Å². The molecule has 1 aliphatic carbocycles. The summed E-state index contributed by atoms with van der Waals surface area (Å²) in [4.78, 5) is 36.0. The molecule has 0 aliphatic heterocycles. The van der Waals surface area contributed by atoms with Crippen molar-refractivity contribution in [3.05, 3.63) is 0 Å². The standard InChI is InChI=1S/C13H23N3O4/c1-9-5-4-6-13(7-9,11(18)19)15-12(20)16(3)8-10(17)14-2/h9H,4-8H2,1-3H3,(H,14,17)(H,15,20)(H,18,19). The van der Waals surface area contributed by atoms with Crippen LogP contribution in [0.5, 0.6) is 0 Å². The van der Waals surface area contributed by atoms with Crippen LogP contribution in [0.2, 0.25) is 0 Å². The molecular weight excluding hydrogens is 262 g/mol. The van der Waals surface area contributed by atoms with Crippen LogP contribution in [-0.4, -0.2) is 54.1 Å². The highest BCUT2D eigenvalue weighted by molar-refractivity contribution is 5.88. The molecule has 7 heteroatoms. The second kappa shape index (κ2) is 6.58. The molecule has 3 amide bonds. The Balaban J connectivity index is 2.73. The number of carboxylic acid groups (broad SMARTS) is 1. The zero-order chi connectivity index (χ0) is 15.3. The Labute approximate surface area is 118 Å². The predicted molar refractivity (Wildman–Crippen MR) is 73.2 cm³/mol. The van der Waals surface area contributed by atoms with Gasteiger partial charge in [-0.2, -0.15) is 0 Å². The molecule has 0 aromatic heterocycles. The summed E-state index contributed by atoms with van der Waals surface area (Å²) in [5.74, 6) is -1.06. The van der Waals surface area contributed by atoms with Crippen LogP contribution in [0.25, 0.3) is 0 Å². The molecule has 3 N–H and O–H groups in total. The number of urea groups is 1. The lowest BCUT2D eigenvalue weighted by Gasteiger charge is -2.38. The van der Waals surface area contributed by atoms with E-state index in [-0.39, 0.29) is 18.4 Å². The molecule has 2 atom stereocenters. The van der Waals surface area contributed by atoms with E-state index in [1.54, 1.807) is 0 Å². The summed E-state index contributed by atoms with van der Waals surface area (Å²) in [5.41, 5.74) is -1.22. The van der Waals surface area contributed by atoms with Crippen molar-refractivity contribution in [2.45, 2.75) is 38.1 Å². The minimum Gasteiger partial charge on any atom is -0.480 e. The molecule has 0 heterocycles. The Bertz CT molecular complexity index is 399. The first kappa shape index (κ1) is 16.3. The van der Waals surface area contributed by atoms with Gasteiger partial charge in [0.15, 0.2) is 0 Å². The van der Waals surface area contributed by atoms with E-state index in [4.69, 9.17) is 0 Å². The van der Waals surface area contributed by atoms with Crippen molar-refractivity contribution in [3.63, 3.8) is 0 Å². The van der Waals surface area contributed by atoms with Gasteiger partial charge in [-0.05, 0) is 18.8 Å². The molecule has 1 rings (SSSR count). The molecule has 7 nitrogen and oxygen atoms in total. The molecule has 0 radical (unpaired) electrons. The first-order valence-electron chi connectivity index (χ1n) is 6.78. The van der Waals surface area contributed by atoms with Crippen LogP contribution in [0.1, 0.15) is 32.6 Å². The number of carbonyl (C=O) groups is 3. The van der Waals surface area contributed by atoms with Crippen LogP contribution in [0, 0.1) is 5.92 Å². The minimum absolute atomic E-state index is 0.104. The lowest BCUT2D eigenvalue weighted by atomic mass is 9.76. The van der Waals surface area contributed by atoms with Crippen molar-refractivity contribution >= 4 is 17.9 Å². The first-order chi connectivity index (χ1) is 9.30. The highest BCUT2D eigenvalue weighted by atomic mass is 16.4. The Morgan fingerprint density at radius 3 is 2.55 bits per heavy atom. The number of hydrogen-bond acceptors (Lipinski definition) is 3. The number of aliphatic carboxylic acids is 1. The average molecular weight is 285 g/mol. The van der Waals surface area contributed by atoms with Crippen LogP contribution in [0.4, 0.5) is 4.79 Å².